The summed E-state index contributed by atoms with van der Waals surface area (Å²) in [7, 11) is 5.80. The third-order valence-corrected chi connectivity index (χ3v) is 4.33. The van der Waals surface area contributed by atoms with Crippen molar-refractivity contribution in [3.63, 3.8) is 0 Å². The van der Waals surface area contributed by atoms with Crippen molar-refractivity contribution in [3.05, 3.63) is 53.1 Å². The highest BCUT2D eigenvalue weighted by Crippen LogP contribution is 2.26. The summed E-state index contributed by atoms with van der Waals surface area (Å²) in [6.07, 6.45) is 0. The van der Waals surface area contributed by atoms with Gasteiger partial charge in [-0.15, -0.1) is 0 Å². The number of carbonyl (C=O) groups excluding carboxylic acids is 1. The molecule has 0 aliphatic carbocycles. The number of amides is 1. The molecule has 136 valence electrons. The molecule has 3 aromatic rings. The van der Waals surface area contributed by atoms with Gasteiger partial charge >= 0.3 is 0 Å². The molecule has 0 aliphatic rings. The van der Waals surface area contributed by atoms with Crippen LogP contribution in [0.5, 0.6) is 0 Å². The molecule has 1 amide bonds. The van der Waals surface area contributed by atoms with Gasteiger partial charge in [-0.1, -0.05) is 17.2 Å². The molecule has 0 fully saturated rings. The number of fused-ring (bicyclic) bond motifs is 1. The largest absolute Gasteiger partial charge is 0.436 e. The fourth-order valence-electron chi connectivity index (χ4n) is 2.95. The molecule has 2 aromatic carbocycles. The molecular weight excluding hydrogens is 326 g/mol. The van der Waals surface area contributed by atoms with Gasteiger partial charge in [-0.2, -0.15) is 0 Å². The van der Waals surface area contributed by atoms with E-state index < -0.39 is 0 Å². The van der Waals surface area contributed by atoms with E-state index in [2.05, 4.69) is 41.9 Å². The first kappa shape index (κ1) is 18.1. The summed E-state index contributed by atoms with van der Waals surface area (Å²) in [6.45, 7) is 5.61. The molecule has 0 radical (unpaired) electrons. The maximum atomic E-state index is 12.6. The summed E-state index contributed by atoms with van der Waals surface area (Å²) >= 11 is 0. The molecule has 0 saturated carbocycles. The zero-order valence-electron chi connectivity index (χ0n) is 16.0. The third-order valence-electron chi connectivity index (χ3n) is 4.33. The number of carbonyl (C=O) groups is 1. The van der Waals surface area contributed by atoms with Crippen LogP contribution in [-0.4, -0.2) is 54.9 Å². The molecule has 3 rings (SSSR count). The van der Waals surface area contributed by atoms with Crippen molar-refractivity contribution < 1.29 is 9.21 Å². The second-order valence-electron chi connectivity index (χ2n) is 7.11. The average Bonchev–Trinajstić information content (AvgIpc) is 3.01. The van der Waals surface area contributed by atoms with Gasteiger partial charge in [0.05, 0.1) is 0 Å². The predicted octanol–water partition coefficient (Wildman–Crippen LogP) is 3.75. The highest BCUT2D eigenvalue weighted by atomic mass is 16.3. The van der Waals surface area contributed by atoms with Crippen molar-refractivity contribution in [2.24, 2.45) is 0 Å². The maximum Gasteiger partial charge on any atom is 0.253 e. The van der Waals surface area contributed by atoms with Crippen LogP contribution in [-0.2, 0) is 0 Å². The first-order chi connectivity index (χ1) is 12.3. The van der Waals surface area contributed by atoms with Crippen molar-refractivity contribution in [2.75, 3.05) is 34.2 Å². The third kappa shape index (κ3) is 3.94. The minimum Gasteiger partial charge on any atom is -0.436 e. The monoisotopic (exact) mass is 351 g/mol. The molecule has 0 bridgehead atoms. The fraction of sp³-hybridized carbons (Fsp3) is 0.333. The summed E-state index contributed by atoms with van der Waals surface area (Å²) < 4.78 is 5.94. The Morgan fingerprint density at radius 1 is 1.00 bits per heavy atom. The summed E-state index contributed by atoms with van der Waals surface area (Å²) in [4.78, 5) is 21.0. The standard InChI is InChI=1S/C21H25N3O2/c1-14-10-15(2)12-17(11-14)20-22-18-7-6-16(13-19(18)26-20)21(25)24(5)9-8-23(3)4/h6-7,10-13H,8-9H2,1-5H3. The van der Waals surface area contributed by atoms with Gasteiger partial charge in [0.25, 0.3) is 5.91 Å². The Labute approximate surface area is 154 Å². The Morgan fingerprint density at radius 2 is 1.69 bits per heavy atom. The molecule has 0 N–H and O–H groups in total. The number of nitrogens with zero attached hydrogens (tertiary/aromatic N) is 3. The average molecular weight is 351 g/mol. The normalized spacial score (nSPS) is 11.3. The summed E-state index contributed by atoms with van der Waals surface area (Å²) in [6, 6.07) is 11.7. The lowest BCUT2D eigenvalue weighted by Gasteiger charge is -2.19. The van der Waals surface area contributed by atoms with Gasteiger partial charge in [0.1, 0.15) is 5.52 Å². The highest BCUT2D eigenvalue weighted by Gasteiger charge is 2.15. The second kappa shape index (κ2) is 7.30. The van der Waals surface area contributed by atoms with Crippen LogP contribution in [0, 0.1) is 13.8 Å². The van der Waals surface area contributed by atoms with Gasteiger partial charge in [-0.05, 0) is 58.3 Å². The Balaban J connectivity index is 1.88. The number of oxazole rings is 1. The molecule has 1 heterocycles. The lowest BCUT2D eigenvalue weighted by Crippen LogP contribution is -2.33. The first-order valence-corrected chi connectivity index (χ1v) is 8.73. The smallest absolute Gasteiger partial charge is 0.253 e. The first-order valence-electron chi connectivity index (χ1n) is 8.73. The molecule has 26 heavy (non-hydrogen) atoms. The van der Waals surface area contributed by atoms with Crippen LogP contribution in [0.2, 0.25) is 0 Å². The summed E-state index contributed by atoms with van der Waals surface area (Å²) in [5.74, 6) is 0.565. The number of rotatable bonds is 5. The Hall–Kier alpha value is -2.66. The van der Waals surface area contributed by atoms with Crippen molar-refractivity contribution in [3.8, 4) is 11.5 Å². The minimum absolute atomic E-state index is 0.0156. The predicted molar refractivity (Wildman–Crippen MR) is 104 cm³/mol. The van der Waals surface area contributed by atoms with E-state index >= 15 is 0 Å². The topological polar surface area (TPSA) is 49.6 Å². The van der Waals surface area contributed by atoms with E-state index in [1.165, 1.54) is 11.1 Å². The maximum absolute atomic E-state index is 12.6. The van der Waals surface area contributed by atoms with Crippen LogP contribution in [0.25, 0.3) is 22.6 Å². The van der Waals surface area contributed by atoms with Gasteiger partial charge < -0.3 is 14.2 Å². The molecule has 0 spiro atoms. The van der Waals surface area contributed by atoms with E-state index in [0.29, 0.717) is 23.6 Å². The molecule has 0 unspecified atom stereocenters. The molecule has 5 heteroatoms. The number of aryl methyl sites for hydroxylation is 2. The van der Waals surface area contributed by atoms with E-state index in [-0.39, 0.29) is 5.91 Å². The Bertz CT molecular complexity index is 923. The second-order valence-corrected chi connectivity index (χ2v) is 7.11. The highest BCUT2D eigenvalue weighted by molar-refractivity contribution is 5.97. The van der Waals surface area contributed by atoms with Crippen molar-refractivity contribution in [1.82, 2.24) is 14.8 Å². The van der Waals surface area contributed by atoms with E-state index in [1.807, 2.05) is 33.3 Å². The molecule has 1 aromatic heterocycles. The van der Waals surface area contributed by atoms with Crippen molar-refractivity contribution in [2.45, 2.75) is 13.8 Å². The minimum atomic E-state index is -0.0156. The van der Waals surface area contributed by atoms with Crippen LogP contribution >= 0.6 is 0 Å². The number of hydrogen-bond donors (Lipinski definition) is 0. The van der Waals surface area contributed by atoms with Gasteiger partial charge in [0.2, 0.25) is 5.89 Å². The van der Waals surface area contributed by atoms with Crippen LogP contribution in [0.4, 0.5) is 0 Å². The van der Waals surface area contributed by atoms with Crippen LogP contribution in [0.1, 0.15) is 21.5 Å². The molecule has 0 saturated heterocycles. The van der Waals surface area contributed by atoms with Crippen molar-refractivity contribution >= 4 is 17.0 Å². The zero-order chi connectivity index (χ0) is 18.8. The van der Waals surface area contributed by atoms with Crippen LogP contribution in [0.15, 0.2) is 40.8 Å². The van der Waals surface area contributed by atoms with Crippen molar-refractivity contribution in [1.29, 1.82) is 0 Å². The quantitative estimate of drug-likeness (QED) is 0.702. The van der Waals surface area contributed by atoms with E-state index in [0.717, 1.165) is 17.6 Å². The molecule has 5 nitrogen and oxygen atoms in total. The zero-order valence-corrected chi connectivity index (χ0v) is 16.0. The number of benzene rings is 2. The summed E-state index contributed by atoms with van der Waals surface area (Å²) in [5.41, 5.74) is 5.29. The van der Waals surface area contributed by atoms with E-state index in [4.69, 9.17) is 4.42 Å². The lowest BCUT2D eigenvalue weighted by molar-refractivity contribution is 0.0786. The van der Waals surface area contributed by atoms with E-state index in [1.54, 1.807) is 11.0 Å². The SMILES string of the molecule is Cc1cc(C)cc(-c2nc3ccc(C(=O)N(C)CCN(C)C)cc3o2)c1. The van der Waals surface area contributed by atoms with Gasteiger partial charge in [0, 0.05) is 31.3 Å². The number of aromatic nitrogens is 1. The van der Waals surface area contributed by atoms with E-state index in [9.17, 15) is 4.79 Å². The van der Waals surface area contributed by atoms with Gasteiger partial charge in [-0.25, -0.2) is 4.98 Å². The van der Waals surface area contributed by atoms with Gasteiger partial charge in [0.15, 0.2) is 5.58 Å². The fourth-order valence-corrected chi connectivity index (χ4v) is 2.95. The number of likely N-dealkylation sites (N-methyl/N-ethyl adjacent to an activating group) is 2. The molecule has 0 atom stereocenters. The molecular formula is C21H25N3O2. The number of hydrogen-bond acceptors (Lipinski definition) is 4. The lowest BCUT2D eigenvalue weighted by atomic mass is 10.1. The Morgan fingerprint density at radius 3 is 2.35 bits per heavy atom. The molecule has 0 aliphatic heterocycles. The Kier molecular flexibility index (Phi) is 5.09. The van der Waals surface area contributed by atoms with Gasteiger partial charge in [-0.3, -0.25) is 4.79 Å². The van der Waals surface area contributed by atoms with Crippen LogP contribution in [0.3, 0.4) is 0 Å². The van der Waals surface area contributed by atoms with Crippen LogP contribution < -0.4 is 0 Å². The summed E-state index contributed by atoms with van der Waals surface area (Å²) in [5, 5.41) is 0.